The number of carbonyl (C=O) groups is 1. The number of hydrogen-bond acceptors (Lipinski definition) is 14. The smallest absolute Gasteiger partial charge is 0.248 e. The number of ether oxygens (including phenoxy) is 2. The summed E-state index contributed by atoms with van der Waals surface area (Å²) in [4.78, 5) is 34.7. The molecule has 4 aliphatic rings. The van der Waals surface area contributed by atoms with Gasteiger partial charge in [-0.25, -0.2) is 19.9 Å². The lowest BCUT2D eigenvalue weighted by Gasteiger charge is -2.31. The molecule has 3 aliphatic heterocycles. The van der Waals surface area contributed by atoms with E-state index in [1.165, 1.54) is 53.0 Å². The quantitative estimate of drug-likeness (QED) is 0.125. The Labute approximate surface area is 389 Å². The van der Waals surface area contributed by atoms with Crippen molar-refractivity contribution in [1.29, 1.82) is 0 Å². The Bertz CT molecular complexity index is 3070. The van der Waals surface area contributed by atoms with Gasteiger partial charge in [-0.15, -0.1) is 22.7 Å². The molecule has 2 fully saturated rings. The normalized spacial score (nSPS) is 16.1. The third-order valence-corrected chi connectivity index (χ3v) is 15.2. The van der Waals surface area contributed by atoms with E-state index >= 15 is 0 Å². The van der Waals surface area contributed by atoms with E-state index in [1.54, 1.807) is 33.8 Å². The van der Waals surface area contributed by atoms with Crippen molar-refractivity contribution in [3.05, 3.63) is 94.5 Å². The Kier molecular flexibility index (Phi) is 11.6. The number of aromatic nitrogens is 8. The number of aliphatic hydroxyl groups is 1. The number of benzene rings is 2. The number of para-hydroxylation sites is 2. The van der Waals surface area contributed by atoms with E-state index in [9.17, 15) is 4.79 Å². The summed E-state index contributed by atoms with van der Waals surface area (Å²) in [5, 5.41) is 24.9. The van der Waals surface area contributed by atoms with Crippen LogP contribution in [-0.2, 0) is 17.6 Å². The minimum atomic E-state index is -0.435. The van der Waals surface area contributed by atoms with E-state index in [0.29, 0.717) is 31.0 Å². The Morgan fingerprint density at radius 1 is 0.697 bits per heavy atom. The summed E-state index contributed by atoms with van der Waals surface area (Å²) < 4.78 is 18.1. The minimum absolute atomic E-state index is 0.211. The maximum Gasteiger partial charge on any atom is 0.248 e. The van der Waals surface area contributed by atoms with E-state index < -0.39 is 6.61 Å². The lowest BCUT2D eigenvalue weighted by molar-refractivity contribution is -0.135. The third-order valence-electron chi connectivity index (χ3n) is 13.2. The van der Waals surface area contributed by atoms with Gasteiger partial charge in [-0.05, 0) is 50.7 Å². The topological polar surface area (TPSA) is 170 Å². The van der Waals surface area contributed by atoms with Crippen LogP contribution in [-0.4, -0.2) is 88.3 Å². The molecule has 1 amide bonds. The van der Waals surface area contributed by atoms with Gasteiger partial charge in [0.1, 0.15) is 18.1 Å². The number of thiophene rings is 2. The van der Waals surface area contributed by atoms with Crippen molar-refractivity contribution in [2.45, 2.75) is 83.7 Å². The molecule has 17 heteroatoms. The highest BCUT2D eigenvalue weighted by molar-refractivity contribution is 7.20. The molecular weight excluding hydrogens is 871 g/mol. The van der Waals surface area contributed by atoms with Gasteiger partial charge in [0.15, 0.2) is 0 Å². The Morgan fingerprint density at radius 2 is 1.20 bits per heavy atom. The molecular formula is C49H51N11O4S2. The van der Waals surface area contributed by atoms with Crippen LogP contribution in [0.25, 0.3) is 42.7 Å². The number of aliphatic hydroxyl groups excluding tert-OH is 1. The summed E-state index contributed by atoms with van der Waals surface area (Å²) in [6, 6.07) is 13.5. The molecule has 0 radical (unpaired) electrons. The molecule has 1 saturated carbocycles. The molecule has 12 rings (SSSR count). The summed E-state index contributed by atoms with van der Waals surface area (Å²) in [5.41, 5.74) is 10.6. The molecule has 0 spiro atoms. The fourth-order valence-electron chi connectivity index (χ4n) is 9.88. The van der Waals surface area contributed by atoms with Crippen LogP contribution in [0.15, 0.2) is 73.6 Å². The van der Waals surface area contributed by atoms with E-state index in [1.807, 2.05) is 29.5 Å². The van der Waals surface area contributed by atoms with E-state index in [0.717, 1.165) is 104 Å². The van der Waals surface area contributed by atoms with Crippen LogP contribution in [0.4, 0.5) is 23.3 Å². The number of piperidine rings is 1. The van der Waals surface area contributed by atoms with E-state index in [2.05, 4.69) is 91.9 Å². The molecule has 338 valence electrons. The van der Waals surface area contributed by atoms with Gasteiger partial charge in [0.2, 0.25) is 17.8 Å². The number of hydrogen-bond donors (Lipinski definition) is 3. The van der Waals surface area contributed by atoms with Crippen molar-refractivity contribution in [2.24, 2.45) is 0 Å². The zero-order valence-electron chi connectivity index (χ0n) is 37.0. The SMILES string of the molecule is Cc1sc2cnc(Nc3cnn(C4CCCCC4)c3)nc2c1-c1cccc2c1OCC2.Cc1sc2cnc(Nc3cnn(C4CCN(C(=O)CO)CC4)c3)nc2c1-c1cccc2c1OCC2. The molecule has 66 heavy (non-hydrogen) atoms. The molecule has 0 unspecified atom stereocenters. The molecule has 0 bridgehead atoms. The number of aryl methyl sites for hydroxylation is 2. The average molecular weight is 922 g/mol. The molecule has 3 N–H and O–H groups in total. The predicted molar refractivity (Wildman–Crippen MR) is 259 cm³/mol. The van der Waals surface area contributed by atoms with Gasteiger partial charge in [-0.3, -0.25) is 14.2 Å². The summed E-state index contributed by atoms with van der Waals surface area (Å²) in [7, 11) is 0. The van der Waals surface area contributed by atoms with Gasteiger partial charge in [0, 0.05) is 70.3 Å². The highest BCUT2D eigenvalue weighted by Crippen LogP contribution is 2.46. The van der Waals surface area contributed by atoms with Crippen molar-refractivity contribution >= 4 is 72.3 Å². The average Bonchev–Trinajstić information content (AvgIpc) is 4.22. The van der Waals surface area contributed by atoms with Gasteiger partial charge in [0.05, 0.1) is 81.9 Å². The number of carbonyl (C=O) groups excluding carboxylic acids is 1. The number of rotatable bonds is 9. The molecule has 9 heterocycles. The molecule has 6 aromatic heterocycles. The van der Waals surface area contributed by atoms with Crippen LogP contribution in [0.3, 0.4) is 0 Å². The van der Waals surface area contributed by atoms with Gasteiger partial charge < -0.3 is 30.1 Å². The van der Waals surface area contributed by atoms with Crippen LogP contribution >= 0.6 is 22.7 Å². The summed E-state index contributed by atoms with van der Waals surface area (Å²) in [6.07, 6.45) is 21.3. The van der Waals surface area contributed by atoms with Crippen LogP contribution in [0.2, 0.25) is 0 Å². The standard InChI is InChI=1S/C25H26N6O3S.C24H25N5OS/c1-15-22(19-4-2-3-16-7-10-34-24(16)19)23-20(35-15)12-26-25(29-23)28-17-11-27-31(13-17)18-5-8-30(9-6-18)21(33)14-32;1-15-21(19-9-5-6-16-10-11-30-23(16)19)22-20(31-15)13-25-24(28-22)27-17-12-26-29(14-17)18-7-3-2-4-8-18/h2-4,11-13,18,32H,5-10,14H2,1H3,(H,26,28,29);5-6,9,12-14,18H,2-4,7-8,10-11H2,1H3,(H,25,27,28). The van der Waals surface area contributed by atoms with Crippen molar-refractivity contribution < 1.29 is 19.4 Å². The summed E-state index contributed by atoms with van der Waals surface area (Å²) in [5.74, 6) is 2.88. The Morgan fingerprint density at radius 3 is 1.70 bits per heavy atom. The number of anilines is 4. The molecule has 1 aliphatic carbocycles. The first-order valence-electron chi connectivity index (χ1n) is 22.9. The van der Waals surface area contributed by atoms with Crippen molar-refractivity contribution in [3.8, 4) is 33.8 Å². The zero-order valence-corrected chi connectivity index (χ0v) is 38.6. The van der Waals surface area contributed by atoms with Gasteiger partial charge >= 0.3 is 0 Å². The molecule has 15 nitrogen and oxygen atoms in total. The van der Waals surface area contributed by atoms with Crippen LogP contribution in [0.5, 0.6) is 11.5 Å². The zero-order chi connectivity index (χ0) is 44.7. The van der Waals surface area contributed by atoms with E-state index in [-0.39, 0.29) is 11.9 Å². The Balaban J connectivity index is 0.000000147. The second-order valence-corrected chi connectivity index (χ2v) is 19.9. The monoisotopic (exact) mass is 921 g/mol. The van der Waals surface area contributed by atoms with Gasteiger partial charge in [0.25, 0.3) is 0 Å². The van der Waals surface area contributed by atoms with Crippen molar-refractivity contribution in [3.63, 3.8) is 0 Å². The minimum Gasteiger partial charge on any atom is -0.492 e. The molecule has 0 atom stereocenters. The van der Waals surface area contributed by atoms with E-state index in [4.69, 9.17) is 24.5 Å². The van der Waals surface area contributed by atoms with Crippen molar-refractivity contribution in [2.75, 3.05) is 43.5 Å². The fourth-order valence-corrected chi connectivity index (χ4v) is 11.9. The number of nitrogens with one attached hydrogen (secondary N) is 2. The molecule has 2 aromatic carbocycles. The number of amides is 1. The fraction of sp³-hybridized carbons (Fsp3) is 0.367. The highest BCUT2D eigenvalue weighted by atomic mass is 32.1. The van der Waals surface area contributed by atoms with Crippen LogP contribution in [0.1, 0.15) is 77.9 Å². The third kappa shape index (κ3) is 8.24. The summed E-state index contributed by atoms with van der Waals surface area (Å²) >= 11 is 3.42. The number of fused-ring (bicyclic) bond motifs is 4. The molecule has 1 saturated heterocycles. The van der Waals surface area contributed by atoms with Crippen LogP contribution < -0.4 is 20.1 Å². The largest absolute Gasteiger partial charge is 0.492 e. The number of likely N-dealkylation sites (tertiary alicyclic amines) is 1. The Hall–Kier alpha value is -6.43. The first kappa shape index (κ1) is 42.2. The highest BCUT2D eigenvalue weighted by Gasteiger charge is 2.26. The maximum atomic E-state index is 11.7. The number of nitrogens with zero attached hydrogens (tertiary/aromatic N) is 9. The summed E-state index contributed by atoms with van der Waals surface area (Å²) in [6.45, 7) is 6.55. The van der Waals surface area contributed by atoms with Gasteiger partial charge in [-0.1, -0.05) is 55.7 Å². The second kappa shape index (κ2) is 18.1. The lowest BCUT2D eigenvalue weighted by Crippen LogP contribution is -2.40. The lowest BCUT2D eigenvalue weighted by atomic mass is 9.96. The first-order chi connectivity index (χ1) is 32.4. The van der Waals surface area contributed by atoms with Crippen LogP contribution in [0, 0.1) is 13.8 Å². The van der Waals surface area contributed by atoms with Crippen molar-refractivity contribution in [1.82, 2.24) is 44.4 Å². The first-order valence-corrected chi connectivity index (χ1v) is 24.5. The second-order valence-electron chi connectivity index (χ2n) is 17.4. The maximum absolute atomic E-state index is 11.7. The van der Waals surface area contributed by atoms with Gasteiger partial charge in [-0.2, -0.15) is 10.2 Å². The molecule has 8 aromatic rings. The predicted octanol–water partition coefficient (Wildman–Crippen LogP) is 9.74.